The molecule has 2 rings (SSSR count). The minimum Gasteiger partial charge on any atom is -0.297 e. The second kappa shape index (κ2) is 5.15. The topological polar surface area (TPSA) is 38.8 Å². The van der Waals surface area contributed by atoms with Crippen molar-refractivity contribution in [2.75, 3.05) is 25.6 Å². The largest absolute Gasteiger partial charge is 0.408 e. The highest BCUT2D eigenvalue weighted by molar-refractivity contribution is 7.51. The van der Waals surface area contributed by atoms with Crippen LogP contribution in [0.1, 0.15) is 25.7 Å². The van der Waals surface area contributed by atoms with Crippen LogP contribution in [-0.4, -0.2) is 36.4 Å². The first-order chi connectivity index (χ1) is 7.24. The van der Waals surface area contributed by atoms with E-state index >= 15 is 0 Å². The minimum absolute atomic E-state index is 0.117. The van der Waals surface area contributed by atoms with E-state index < -0.39 is 7.75 Å². The van der Waals surface area contributed by atoms with Gasteiger partial charge in [0.25, 0.3) is 0 Å². The van der Waals surface area contributed by atoms with Gasteiger partial charge in [-0.1, -0.05) is 6.42 Å². The smallest absolute Gasteiger partial charge is 0.297 e. The van der Waals surface area contributed by atoms with Gasteiger partial charge in [-0.25, -0.2) is 9.24 Å². The summed E-state index contributed by atoms with van der Waals surface area (Å²) in [5.41, 5.74) is 0. The Morgan fingerprint density at radius 3 is 2.73 bits per heavy atom. The maximum atomic E-state index is 12.4. The predicted molar refractivity (Wildman–Crippen MR) is 59.2 cm³/mol. The lowest BCUT2D eigenvalue weighted by Gasteiger charge is -2.37. The van der Waals surface area contributed by atoms with E-state index in [-0.39, 0.29) is 6.10 Å². The van der Waals surface area contributed by atoms with Gasteiger partial charge in [0.2, 0.25) is 0 Å². The third-order valence-electron chi connectivity index (χ3n) is 2.83. The summed E-state index contributed by atoms with van der Waals surface area (Å²) in [6, 6.07) is 0. The number of halogens is 1. The Kier molecular flexibility index (Phi) is 4.08. The molecule has 0 N–H and O–H groups in total. The normalized spacial score (nSPS) is 39.1. The van der Waals surface area contributed by atoms with Crippen LogP contribution >= 0.6 is 19.3 Å². The van der Waals surface area contributed by atoms with Gasteiger partial charge in [0, 0.05) is 19.0 Å². The van der Waals surface area contributed by atoms with Crippen LogP contribution in [0.3, 0.4) is 0 Å². The minimum atomic E-state index is -3.01. The van der Waals surface area contributed by atoms with Crippen LogP contribution in [0.15, 0.2) is 0 Å². The highest BCUT2D eigenvalue weighted by Gasteiger charge is 2.39. The van der Waals surface area contributed by atoms with Gasteiger partial charge in [-0.15, -0.1) is 11.6 Å². The van der Waals surface area contributed by atoms with E-state index in [9.17, 15) is 4.57 Å². The van der Waals surface area contributed by atoms with Crippen LogP contribution in [-0.2, 0) is 13.6 Å². The van der Waals surface area contributed by atoms with Crippen molar-refractivity contribution in [3.63, 3.8) is 0 Å². The van der Waals surface area contributed by atoms with Gasteiger partial charge in [-0.3, -0.25) is 9.05 Å². The molecule has 6 heteroatoms. The van der Waals surface area contributed by atoms with Crippen LogP contribution in [0.4, 0.5) is 0 Å². The third kappa shape index (κ3) is 2.75. The second-order valence-electron chi connectivity index (χ2n) is 3.99. The first-order valence-corrected chi connectivity index (χ1v) is 7.52. The van der Waals surface area contributed by atoms with Gasteiger partial charge < -0.3 is 0 Å². The van der Waals surface area contributed by atoms with Crippen LogP contribution in [0.2, 0.25) is 0 Å². The van der Waals surface area contributed by atoms with Crippen molar-refractivity contribution < 1.29 is 13.6 Å². The molecule has 0 aliphatic carbocycles. The number of nitrogens with zero attached hydrogens (tertiary/aromatic N) is 1. The molecule has 0 aromatic carbocycles. The Morgan fingerprint density at radius 2 is 2.07 bits per heavy atom. The standard InChI is InChI=1S/C9H17ClNO3P/c10-8-9-4-7-13-15(12,14-9)11-5-2-1-3-6-11/h9H,1-8H2/t9-,15+/m0/s1. The quantitative estimate of drug-likeness (QED) is 0.560. The van der Waals surface area contributed by atoms with Gasteiger partial charge in [0.15, 0.2) is 0 Å². The summed E-state index contributed by atoms with van der Waals surface area (Å²) in [7, 11) is -3.01. The average molecular weight is 254 g/mol. The average Bonchev–Trinajstić information content (AvgIpc) is 2.30. The molecule has 88 valence electrons. The number of piperidine rings is 1. The van der Waals surface area contributed by atoms with Gasteiger partial charge in [-0.05, 0) is 19.3 Å². The molecule has 0 aromatic heterocycles. The number of hydrogen-bond acceptors (Lipinski definition) is 3. The summed E-state index contributed by atoms with van der Waals surface area (Å²) in [6.07, 6.45) is 3.97. The molecule has 2 atom stereocenters. The lowest BCUT2D eigenvalue weighted by molar-refractivity contribution is 0.0617. The zero-order chi connectivity index (χ0) is 10.7. The maximum Gasteiger partial charge on any atom is 0.408 e. The van der Waals surface area contributed by atoms with Gasteiger partial charge in [0.1, 0.15) is 0 Å². The molecule has 2 heterocycles. The summed E-state index contributed by atoms with van der Waals surface area (Å²) in [6.45, 7) is 2.11. The summed E-state index contributed by atoms with van der Waals surface area (Å²) < 4.78 is 25.1. The summed E-state index contributed by atoms with van der Waals surface area (Å²) >= 11 is 5.73. The molecule has 0 spiro atoms. The first-order valence-electron chi connectivity index (χ1n) is 5.49. The monoisotopic (exact) mass is 253 g/mol. The van der Waals surface area contributed by atoms with Crippen molar-refractivity contribution in [1.29, 1.82) is 0 Å². The van der Waals surface area contributed by atoms with Crippen molar-refractivity contribution in [2.24, 2.45) is 0 Å². The van der Waals surface area contributed by atoms with E-state index in [0.29, 0.717) is 12.5 Å². The Morgan fingerprint density at radius 1 is 1.33 bits per heavy atom. The molecule has 4 nitrogen and oxygen atoms in total. The fraction of sp³-hybridized carbons (Fsp3) is 1.00. The molecular weight excluding hydrogens is 237 g/mol. The van der Waals surface area contributed by atoms with E-state index in [2.05, 4.69) is 0 Å². The molecule has 0 aromatic rings. The van der Waals surface area contributed by atoms with E-state index in [1.165, 1.54) is 6.42 Å². The molecule has 0 amide bonds. The molecule has 0 unspecified atom stereocenters. The molecule has 0 radical (unpaired) electrons. The van der Waals surface area contributed by atoms with Gasteiger partial charge in [-0.2, -0.15) is 0 Å². The zero-order valence-corrected chi connectivity index (χ0v) is 10.4. The number of rotatable bonds is 2. The van der Waals surface area contributed by atoms with Gasteiger partial charge in [0.05, 0.1) is 12.7 Å². The summed E-state index contributed by atoms with van der Waals surface area (Å²) in [5, 5.41) is 0. The fourth-order valence-electron chi connectivity index (χ4n) is 1.95. The highest BCUT2D eigenvalue weighted by Crippen LogP contribution is 2.56. The molecule has 0 saturated carbocycles. The van der Waals surface area contributed by atoms with Gasteiger partial charge >= 0.3 is 7.75 Å². The summed E-state index contributed by atoms with van der Waals surface area (Å²) in [4.78, 5) is 0. The van der Waals surface area contributed by atoms with Crippen molar-refractivity contribution >= 4 is 19.3 Å². The Bertz CT molecular complexity index is 258. The number of alkyl halides is 1. The van der Waals surface area contributed by atoms with Crippen LogP contribution in [0.25, 0.3) is 0 Å². The Labute approximate surface area is 95.5 Å². The second-order valence-corrected chi connectivity index (χ2v) is 6.27. The molecule has 2 saturated heterocycles. The number of hydrogen-bond donors (Lipinski definition) is 0. The molecule has 15 heavy (non-hydrogen) atoms. The lowest BCUT2D eigenvalue weighted by atomic mass is 10.2. The van der Waals surface area contributed by atoms with Crippen LogP contribution in [0.5, 0.6) is 0 Å². The Balaban J connectivity index is 2.00. The SMILES string of the molecule is O=[P@]1(N2CCCCC2)OCC[C@@H](CCl)O1. The Hall–Kier alpha value is 0.400. The van der Waals surface area contributed by atoms with Crippen molar-refractivity contribution in [1.82, 2.24) is 4.67 Å². The molecule has 2 aliphatic heterocycles. The molecule has 0 bridgehead atoms. The van der Waals surface area contributed by atoms with E-state index in [0.717, 1.165) is 32.4 Å². The molecular formula is C9H17ClNO3P. The molecule has 2 aliphatic rings. The third-order valence-corrected chi connectivity index (χ3v) is 5.34. The van der Waals surface area contributed by atoms with E-state index in [1.54, 1.807) is 0 Å². The van der Waals surface area contributed by atoms with Crippen molar-refractivity contribution in [3.05, 3.63) is 0 Å². The molecule has 2 fully saturated rings. The van der Waals surface area contributed by atoms with E-state index in [1.807, 2.05) is 4.67 Å². The van der Waals surface area contributed by atoms with Crippen molar-refractivity contribution in [2.45, 2.75) is 31.8 Å². The summed E-state index contributed by atoms with van der Waals surface area (Å²) in [5.74, 6) is 0.390. The first kappa shape index (κ1) is 11.9. The maximum absolute atomic E-state index is 12.4. The van der Waals surface area contributed by atoms with Crippen molar-refractivity contribution in [3.8, 4) is 0 Å². The predicted octanol–water partition coefficient (Wildman–Crippen LogP) is 2.62. The fourth-order valence-corrected chi connectivity index (χ4v) is 4.28. The lowest BCUT2D eigenvalue weighted by Crippen LogP contribution is -2.34. The van der Waals surface area contributed by atoms with Crippen LogP contribution < -0.4 is 0 Å². The van der Waals surface area contributed by atoms with Crippen LogP contribution in [0, 0.1) is 0 Å². The van der Waals surface area contributed by atoms with E-state index in [4.69, 9.17) is 20.6 Å². The highest BCUT2D eigenvalue weighted by atomic mass is 35.5. The zero-order valence-electron chi connectivity index (χ0n) is 8.73.